The van der Waals surface area contributed by atoms with Gasteiger partial charge in [0.25, 0.3) is 11.8 Å². The summed E-state index contributed by atoms with van der Waals surface area (Å²) in [4.78, 5) is 51.7. The molecule has 206 valence electrons. The lowest BCUT2D eigenvalue weighted by molar-refractivity contribution is -0.603. The average molecular weight is 578 g/mol. The highest BCUT2D eigenvalue weighted by atomic mass is 32.2. The molecule has 0 radical (unpaired) electrons. The minimum atomic E-state index is -4.59. The van der Waals surface area contributed by atoms with E-state index in [4.69, 9.17) is 8.47 Å². The van der Waals surface area contributed by atoms with E-state index in [1.807, 2.05) is 13.8 Å². The second kappa shape index (κ2) is 9.70. The van der Waals surface area contributed by atoms with E-state index in [0.717, 1.165) is 11.1 Å². The number of benzene rings is 2. The monoisotopic (exact) mass is 577 g/mol. The fourth-order valence-electron chi connectivity index (χ4n) is 5.40. The Bertz CT molecular complexity index is 1580. The maximum Gasteiger partial charge on any atom is 0.329 e. The molecule has 2 aliphatic heterocycles. The van der Waals surface area contributed by atoms with E-state index in [2.05, 4.69) is 0 Å². The molecule has 2 aromatic rings. The van der Waals surface area contributed by atoms with Gasteiger partial charge in [-0.3, -0.25) is 14.4 Å². The van der Waals surface area contributed by atoms with Crippen molar-refractivity contribution in [1.29, 1.82) is 0 Å². The third-order valence-corrected chi connectivity index (χ3v) is 9.98. The Labute approximate surface area is 224 Å². The molecule has 14 heteroatoms. The summed E-state index contributed by atoms with van der Waals surface area (Å²) in [6.45, 7) is 3.31. The van der Waals surface area contributed by atoms with Gasteiger partial charge in [-0.15, -0.1) is 9.35 Å². The smallest absolute Gasteiger partial charge is 0.298 e. The zero-order chi connectivity index (χ0) is 28.3. The first-order valence-electron chi connectivity index (χ1n) is 12.3. The van der Waals surface area contributed by atoms with Gasteiger partial charge in [0.15, 0.2) is 12.3 Å². The SMILES string of the molecule is CCc1ccc(S(=O)(=O)OC2C3C(=O)C4C(=O)N(OS(=O)(=O)c5ccc(CC)cc5)C(=O)C4C3C[N+]2=O)cc1. The predicted octanol–water partition coefficient (Wildman–Crippen LogP) is 1.37. The van der Waals surface area contributed by atoms with Crippen LogP contribution in [0.1, 0.15) is 25.0 Å². The van der Waals surface area contributed by atoms with Crippen molar-refractivity contribution in [2.75, 3.05) is 6.54 Å². The maximum absolute atomic E-state index is 13.3. The van der Waals surface area contributed by atoms with Gasteiger partial charge in [0.1, 0.15) is 11.8 Å². The molecule has 2 aromatic carbocycles. The highest BCUT2D eigenvalue weighted by molar-refractivity contribution is 7.87. The average Bonchev–Trinajstić information content (AvgIpc) is 3.47. The Kier molecular flexibility index (Phi) is 6.77. The van der Waals surface area contributed by atoms with Crippen molar-refractivity contribution < 1.29 is 44.4 Å². The van der Waals surface area contributed by atoms with E-state index in [9.17, 15) is 36.1 Å². The van der Waals surface area contributed by atoms with E-state index in [1.165, 1.54) is 24.3 Å². The third kappa shape index (κ3) is 4.50. The molecule has 3 aliphatic rings. The number of carbonyl (C=O) groups is 3. The van der Waals surface area contributed by atoms with Gasteiger partial charge in [-0.25, -0.2) is 0 Å². The summed E-state index contributed by atoms with van der Waals surface area (Å²) in [5.41, 5.74) is 1.73. The summed E-state index contributed by atoms with van der Waals surface area (Å²) in [7, 11) is -9.05. The number of aryl methyl sites for hydroxylation is 2. The van der Waals surface area contributed by atoms with Crippen LogP contribution in [0.4, 0.5) is 0 Å². The number of carbonyl (C=O) groups excluding carboxylic acids is 3. The lowest BCUT2D eigenvalue weighted by Gasteiger charge is -2.17. The van der Waals surface area contributed by atoms with Gasteiger partial charge < -0.3 is 0 Å². The van der Waals surface area contributed by atoms with E-state index >= 15 is 0 Å². The van der Waals surface area contributed by atoms with Gasteiger partial charge in [-0.1, -0.05) is 38.1 Å². The number of hydrogen-bond donors (Lipinski definition) is 0. The van der Waals surface area contributed by atoms with Gasteiger partial charge in [0.2, 0.25) is 0 Å². The molecule has 0 spiro atoms. The molecule has 2 amide bonds. The zero-order valence-corrected chi connectivity index (χ0v) is 22.6. The number of hydroxylamine groups is 2. The first kappa shape index (κ1) is 27.2. The van der Waals surface area contributed by atoms with Crippen LogP contribution in [0.5, 0.6) is 0 Å². The quantitative estimate of drug-likeness (QED) is 0.194. The molecule has 1 saturated carbocycles. The molecule has 2 saturated heterocycles. The standard InChI is InChI=1S/C25H25N2O10S2/c1-3-14-5-9-16(10-6-14)38(32,33)36-25-20-18(13-26(25)31)19-21(22(20)28)24(30)27(23(19)29)37-39(34,35)17-11-7-15(4-2)8-12-17/h5-12,18-21,25H,3-4,13H2,1-2H3/q+1. The van der Waals surface area contributed by atoms with Crippen molar-refractivity contribution in [3.63, 3.8) is 0 Å². The summed E-state index contributed by atoms with van der Waals surface area (Å²) in [6.07, 6.45) is -0.444. The number of hydrogen-bond acceptors (Lipinski definition) is 10. The fourth-order valence-corrected chi connectivity index (χ4v) is 7.35. The van der Waals surface area contributed by atoms with Crippen molar-refractivity contribution in [3.05, 3.63) is 64.6 Å². The zero-order valence-electron chi connectivity index (χ0n) is 20.9. The Hall–Kier alpha value is -3.33. The Balaban J connectivity index is 1.37. The summed E-state index contributed by atoms with van der Waals surface area (Å²) in [5.74, 6) is -8.60. The molecule has 1 aliphatic carbocycles. The minimum Gasteiger partial charge on any atom is -0.298 e. The second-order valence-electron chi connectivity index (χ2n) is 9.63. The molecule has 39 heavy (non-hydrogen) atoms. The van der Waals surface area contributed by atoms with Crippen LogP contribution in [-0.2, 0) is 55.9 Å². The molecule has 3 fully saturated rings. The molecule has 5 unspecified atom stereocenters. The van der Waals surface area contributed by atoms with E-state index in [1.54, 1.807) is 24.3 Å². The number of ketones is 1. The van der Waals surface area contributed by atoms with Crippen molar-refractivity contribution in [1.82, 2.24) is 5.06 Å². The van der Waals surface area contributed by atoms with E-state index in [-0.39, 0.29) is 19.6 Å². The third-order valence-electron chi connectivity index (χ3n) is 7.49. The van der Waals surface area contributed by atoms with Crippen LogP contribution in [-0.4, -0.2) is 57.0 Å². The van der Waals surface area contributed by atoms with Gasteiger partial charge in [-0.2, -0.15) is 21.0 Å². The van der Waals surface area contributed by atoms with E-state index < -0.39 is 74.3 Å². The molecule has 5 rings (SSSR count). The summed E-state index contributed by atoms with van der Waals surface area (Å²) in [6, 6.07) is 11.5. The number of nitrogens with zero attached hydrogens (tertiary/aromatic N) is 2. The van der Waals surface area contributed by atoms with Gasteiger partial charge >= 0.3 is 26.5 Å². The molecular formula is C25H25N2O10S2+. The molecule has 0 N–H and O–H groups in total. The Morgan fingerprint density at radius 3 is 1.82 bits per heavy atom. The van der Waals surface area contributed by atoms with Crippen LogP contribution >= 0.6 is 0 Å². The van der Waals surface area contributed by atoms with Crippen LogP contribution in [0.2, 0.25) is 0 Å². The number of nitroso groups, excluding NO2 is 1. The maximum atomic E-state index is 13.3. The van der Waals surface area contributed by atoms with Crippen LogP contribution in [0.15, 0.2) is 58.3 Å². The molecule has 12 nitrogen and oxygen atoms in total. The fraction of sp³-hybridized carbons (Fsp3) is 0.400. The summed E-state index contributed by atoms with van der Waals surface area (Å²) < 4.78 is 61.5. The number of imide groups is 1. The summed E-state index contributed by atoms with van der Waals surface area (Å²) >= 11 is 0. The normalized spacial score (nSPS) is 26.8. The summed E-state index contributed by atoms with van der Waals surface area (Å²) in [5, 5.41) is 0.0574. The van der Waals surface area contributed by atoms with Crippen LogP contribution in [0, 0.1) is 28.6 Å². The first-order chi connectivity index (χ1) is 18.4. The van der Waals surface area contributed by atoms with Crippen molar-refractivity contribution in [2.24, 2.45) is 23.7 Å². The Morgan fingerprint density at radius 1 is 0.795 bits per heavy atom. The van der Waals surface area contributed by atoms with Gasteiger partial charge in [-0.05, 0) is 48.2 Å². The van der Waals surface area contributed by atoms with Gasteiger partial charge in [0, 0.05) is 9.67 Å². The topological polar surface area (TPSA) is 161 Å². The Morgan fingerprint density at radius 2 is 1.31 bits per heavy atom. The largest absolute Gasteiger partial charge is 0.329 e. The van der Waals surface area contributed by atoms with Crippen molar-refractivity contribution in [2.45, 2.75) is 42.7 Å². The number of fused-ring (bicyclic) bond motifs is 3. The lowest BCUT2D eigenvalue weighted by Crippen LogP contribution is -2.39. The van der Waals surface area contributed by atoms with Crippen LogP contribution < -0.4 is 0 Å². The predicted molar refractivity (Wildman–Crippen MR) is 131 cm³/mol. The van der Waals surface area contributed by atoms with E-state index in [0.29, 0.717) is 12.8 Å². The second-order valence-corrected chi connectivity index (χ2v) is 12.7. The lowest BCUT2D eigenvalue weighted by atomic mass is 9.90. The van der Waals surface area contributed by atoms with Crippen molar-refractivity contribution >= 4 is 37.8 Å². The molecule has 0 bridgehead atoms. The molecule has 2 heterocycles. The van der Waals surface area contributed by atoms with Gasteiger partial charge in [0.05, 0.1) is 21.6 Å². The van der Waals surface area contributed by atoms with Crippen LogP contribution in [0.3, 0.4) is 0 Å². The highest BCUT2D eigenvalue weighted by Gasteiger charge is 2.73. The minimum absolute atomic E-state index is 0.0574. The number of Topliss-reactive ketones (excluding diaryl/α,β-unsaturated/α-hetero) is 1. The number of amides is 2. The first-order valence-corrected chi connectivity index (χ1v) is 15.1. The van der Waals surface area contributed by atoms with Crippen molar-refractivity contribution in [3.8, 4) is 0 Å². The molecule has 5 atom stereocenters. The molecule has 0 aromatic heterocycles. The number of rotatable bonds is 8. The molecular weight excluding hydrogens is 552 g/mol. The van der Waals surface area contributed by atoms with Crippen LogP contribution in [0.25, 0.3) is 0 Å². The highest BCUT2D eigenvalue weighted by Crippen LogP contribution is 2.50.